The smallest absolute Gasteiger partial charge is 0.410 e. The van der Waals surface area contributed by atoms with E-state index in [1.54, 1.807) is 0 Å². The van der Waals surface area contributed by atoms with E-state index in [1.807, 2.05) is 25.7 Å². The summed E-state index contributed by atoms with van der Waals surface area (Å²) < 4.78 is 5.47. The highest BCUT2D eigenvalue weighted by atomic mass is 16.6. The minimum absolute atomic E-state index is 0.178. The summed E-state index contributed by atoms with van der Waals surface area (Å²) in [6.07, 6.45) is 4.38. The molecule has 1 aliphatic carbocycles. The number of amides is 1. The molecular weight excluding hydrogens is 230 g/mol. The first-order valence-corrected chi connectivity index (χ1v) is 7.04. The molecule has 0 bridgehead atoms. The van der Waals surface area contributed by atoms with Crippen LogP contribution in [0.4, 0.5) is 4.79 Å². The molecule has 2 fully saturated rings. The van der Waals surface area contributed by atoms with Gasteiger partial charge in [-0.2, -0.15) is 0 Å². The molecule has 3 atom stereocenters. The first kappa shape index (κ1) is 13.7. The van der Waals surface area contributed by atoms with Gasteiger partial charge in [0.25, 0.3) is 0 Å². The fourth-order valence-electron chi connectivity index (χ4n) is 3.14. The Labute approximate surface area is 109 Å². The quantitative estimate of drug-likeness (QED) is 0.723. The van der Waals surface area contributed by atoms with E-state index in [-0.39, 0.29) is 18.2 Å². The lowest BCUT2D eigenvalue weighted by Gasteiger charge is -2.45. The van der Waals surface area contributed by atoms with E-state index in [9.17, 15) is 9.90 Å². The summed E-state index contributed by atoms with van der Waals surface area (Å²) in [5, 5.41) is 9.80. The van der Waals surface area contributed by atoms with Crippen molar-refractivity contribution in [3.05, 3.63) is 0 Å². The minimum atomic E-state index is -0.447. The van der Waals surface area contributed by atoms with E-state index >= 15 is 0 Å². The van der Waals surface area contributed by atoms with Crippen molar-refractivity contribution < 1.29 is 14.6 Å². The van der Waals surface area contributed by atoms with Gasteiger partial charge in [-0.1, -0.05) is 0 Å². The largest absolute Gasteiger partial charge is 0.444 e. The lowest BCUT2D eigenvalue weighted by molar-refractivity contribution is -0.0256. The molecule has 0 unspecified atom stereocenters. The molecule has 2 rings (SSSR count). The number of piperidine rings is 1. The summed E-state index contributed by atoms with van der Waals surface area (Å²) in [6.45, 7) is 6.44. The molecule has 1 amide bonds. The highest BCUT2D eigenvalue weighted by Gasteiger charge is 2.39. The second kappa shape index (κ2) is 5.08. The number of carbonyl (C=O) groups excluding carboxylic acids is 1. The molecule has 2 aliphatic rings. The van der Waals surface area contributed by atoms with Gasteiger partial charge in [-0.3, -0.25) is 0 Å². The van der Waals surface area contributed by atoms with Crippen molar-refractivity contribution in [1.29, 1.82) is 0 Å². The Hall–Kier alpha value is -0.770. The van der Waals surface area contributed by atoms with Crippen LogP contribution in [-0.4, -0.2) is 40.4 Å². The van der Waals surface area contributed by atoms with E-state index in [4.69, 9.17) is 4.74 Å². The Kier molecular flexibility index (Phi) is 3.85. The standard InChI is InChI=1S/C14H25NO3/c1-14(2,3)18-13(17)15-8-4-5-10-6-7-11(16)9-12(10)15/h10-12,16H,4-9H2,1-3H3/t10-,11-,12+/m1/s1. The molecule has 0 radical (unpaired) electrons. The molecule has 0 spiro atoms. The maximum absolute atomic E-state index is 12.2. The number of hydrogen-bond acceptors (Lipinski definition) is 3. The van der Waals surface area contributed by atoms with E-state index in [2.05, 4.69) is 0 Å². The molecule has 1 heterocycles. The van der Waals surface area contributed by atoms with Gasteiger partial charge in [-0.05, 0) is 58.8 Å². The lowest BCUT2D eigenvalue weighted by Crippen LogP contribution is -2.53. The number of rotatable bonds is 0. The Balaban J connectivity index is 2.04. The van der Waals surface area contributed by atoms with Gasteiger partial charge in [-0.25, -0.2) is 4.79 Å². The molecule has 4 heteroatoms. The molecule has 0 aromatic heterocycles. The van der Waals surface area contributed by atoms with Gasteiger partial charge in [0.1, 0.15) is 5.60 Å². The maximum Gasteiger partial charge on any atom is 0.410 e. The predicted octanol–water partition coefficient (Wildman–Crippen LogP) is 2.55. The average Bonchev–Trinajstić information content (AvgIpc) is 2.25. The van der Waals surface area contributed by atoms with E-state index in [0.717, 1.165) is 25.8 Å². The fraction of sp³-hybridized carbons (Fsp3) is 0.929. The zero-order valence-electron chi connectivity index (χ0n) is 11.7. The number of ether oxygens (including phenoxy) is 1. The molecular formula is C14H25NO3. The zero-order valence-corrected chi connectivity index (χ0v) is 11.7. The van der Waals surface area contributed by atoms with E-state index in [1.165, 1.54) is 6.42 Å². The molecule has 1 N–H and O–H groups in total. The third-order valence-electron chi connectivity index (χ3n) is 3.93. The highest BCUT2D eigenvalue weighted by Crippen LogP contribution is 2.36. The molecule has 104 valence electrons. The minimum Gasteiger partial charge on any atom is -0.444 e. The van der Waals surface area contributed by atoms with Gasteiger partial charge in [0.15, 0.2) is 0 Å². The van der Waals surface area contributed by atoms with Gasteiger partial charge < -0.3 is 14.7 Å². The third kappa shape index (κ3) is 3.16. The Bertz CT molecular complexity index is 311. The van der Waals surface area contributed by atoms with Crippen molar-refractivity contribution >= 4 is 6.09 Å². The van der Waals surface area contributed by atoms with Crippen molar-refractivity contribution in [2.75, 3.05) is 6.54 Å². The Morgan fingerprint density at radius 3 is 2.67 bits per heavy atom. The molecule has 4 nitrogen and oxygen atoms in total. The van der Waals surface area contributed by atoms with E-state index < -0.39 is 5.60 Å². The monoisotopic (exact) mass is 255 g/mol. The van der Waals surface area contributed by atoms with Crippen LogP contribution < -0.4 is 0 Å². The van der Waals surface area contributed by atoms with Gasteiger partial charge >= 0.3 is 6.09 Å². The third-order valence-corrected chi connectivity index (χ3v) is 3.93. The molecule has 0 aromatic rings. The van der Waals surface area contributed by atoms with Crippen LogP contribution in [0.5, 0.6) is 0 Å². The lowest BCUT2D eigenvalue weighted by atomic mass is 9.77. The maximum atomic E-state index is 12.2. The van der Waals surface area contributed by atoms with Crippen molar-refractivity contribution in [1.82, 2.24) is 4.90 Å². The summed E-state index contributed by atoms with van der Waals surface area (Å²) in [7, 11) is 0. The van der Waals surface area contributed by atoms with Crippen LogP contribution in [0.1, 0.15) is 52.9 Å². The number of nitrogens with zero attached hydrogens (tertiary/aromatic N) is 1. The van der Waals surface area contributed by atoms with Crippen LogP contribution in [0.3, 0.4) is 0 Å². The van der Waals surface area contributed by atoms with Gasteiger partial charge in [0.2, 0.25) is 0 Å². The van der Waals surface area contributed by atoms with Gasteiger partial charge in [0, 0.05) is 12.6 Å². The van der Waals surface area contributed by atoms with Crippen molar-refractivity contribution in [3.8, 4) is 0 Å². The van der Waals surface area contributed by atoms with Crippen LogP contribution in [0.15, 0.2) is 0 Å². The van der Waals surface area contributed by atoms with Gasteiger partial charge in [0.05, 0.1) is 6.10 Å². The second-order valence-corrected chi connectivity index (χ2v) is 6.61. The van der Waals surface area contributed by atoms with Crippen LogP contribution in [0.25, 0.3) is 0 Å². The van der Waals surface area contributed by atoms with Crippen LogP contribution in [0, 0.1) is 5.92 Å². The van der Waals surface area contributed by atoms with Crippen molar-refractivity contribution in [2.45, 2.75) is 70.6 Å². The average molecular weight is 255 g/mol. The number of hydrogen-bond donors (Lipinski definition) is 1. The summed E-state index contributed by atoms with van der Waals surface area (Å²) in [5.74, 6) is 0.551. The molecule has 1 saturated carbocycles. The number of aliphatic hydroxyl groups is 1. The Morgan fingerprint density at radius 2 is 2.00 bits per heavy atom. The van der Waals surface area contributed by atoms with Gasteiger partial charge in [-0.15, -0.1) is 0 Å². The number of likely N-dealkylation sites (tertiary alicyclic amines) is 1. The zero-order chi connectivity index (χ0) is 13.3. The fourth-order valence-corrected chi connectivity index (χ4v) is 3.14. The van der Waals surface area contributed by atoms with Crippen molar-refractivity contribution in [3.63, 3.8) is 0 Å². The SMILES string of the molecule is CC(C)(C)OC(=O)N1CCC[C@@H]2CC[C@@H](O)C[C@@H]21. The topological polar surface area (TPSA) is 49.8 Å². The number of aliphatic hydroxyl groups excluding tert-OH is 1. The van der Waals surface area contributed by atoms with Crippen LogP contribution in [0.2, 0.25) is 0 Å². The van der Waals surface area contributed by atoms with Crippen molar-refractivity contribution in [2.24, 2.45) is 5.92 Å². The molecule has 1 saturated heterocycles. The summed E-state index contributed by atoms with van der Waals surface area (Å²) >= 11 is 0. The molecule has 0 aromatic carbocycles. The summed E-state index contributed by atoms with van der Waals surface area (Å²) in [4.78, 5) is 14.0. The normalized spacial score (nSPS) is 32.9. The van der Waals surface area contributed by atoms with Crippen LogP contribution >= 0.6 is 0 Å². The first-order chi connectivity index (χ1) is 8.37. The first-order valence-electron chi connectivity index (χ1n) is 7.04. The highest BCUT2D eigenvalue weighted by molar-refractivity contribution is 5.68. The number of carbonyl (C=O) groups is 1. The molecule has 18 heavy (non-hydrogen) atoms. The Morgan fingerprint density at radius 1 is 1.28 bits per heavy atom. The van der Waals surface area contributed by atoms with E-state index in [0.29, 0.717) is 12.3 Å². The summed E-state index contributed by atoms with van der Waals surface area (Å²) in [6, 6.07) is 0.178. The van der Waals surface area contributed by atoms with Crippen LogP contribution in [-0.2, 0) is 4.74 Å². The summed E-state index contributed by atoms with van der Waals surface area (Å²) in [5.41, 5.74) is -0.447. The molecule has 1 aliphatic heterocycles. The number of fused-ring (bicyclic) bond motifs is 1. The predicted molar refractivity (Wildman–Crippen MR) is 69.3 cm³/mol. The second-order valence-electron chi connectivity index (χ2n) is 6.61.